The first kappa shape index (κ1) is 14.4. The Hall–Kier alpha value is -0.510. The maximum atomic E-state index is 3.80. The van der Waals surface area contributed by atoms with Crippen molar-refractivity contribution in [3.63, 3.8) is 0 Å². The number of hydrogen-bond acceptors (Lipinski definition) is 3. The van der Waals surface area contributed by atoms with Crippen LogP contribution in [-0.4, -0.2) is 36.7 Å². The van der Waals surface area contributed by atoms with Gasteiger partial charge in [0.2, 0.25) is 0 Å². The summed E-state index contributed by atoms with van der Waals surface area (Å²) in [6, 6.07) is 9.70. The molecular formula is C17H26N2S. The van der Waals surface area contributed by atoms with E-state index >= 15 is 0 Å². The van der Waals surface area contributed by atoms with Gasteiger partial charge in [-0.3, -0.25) is 0 Å². The maximum absolute atomic E-state index is 3.80. The van der Waals surface area contributed by atoms with Crippen LogP contribution in [-0.2, 0) is 6.42 Å². The maximum Gasteiger partial charge on any atom is 0.0271 e. The third-order valence-electron chi connectivity index (χ3n) is 4.63. The van der Waals surface area contributed by atoms with Crippen LogP contribution in [0.2, 0.25) is 0 Å². The molecule has 0 amide bonds. The second-order valence-electron chi connectivity index (χ2n) is 5.88. The van der Waals surface area contributed by atoms with Crippen LogP contribution in [0.1, 0.15) is 36.8 Å². The highest BCUT2D eigenvalue weighted by atomic mass is 32.2. The highest BCUT2D eigenvalue weighted by Crippen LogP contribution is 2.40. The van der Waals surface area contributed by atoms with Gasteiger partial charge in [-0.1, -0.05) is 31.2 Å². The first-order valence-electron chi connectivity index (χ1n) is 8.03. The third-order valence-corrected chi connectivity index (χ3v) is 5.92. The highest BCUT2D eigenvalue weighted by molar-refractivity contribution is 7.99. The van der Waals surface area contributed by atoms with E-state index in [0.717, 1.165) is 24.9 Å². The van der Waals surface area contributed by atoms with Crippen molar-refractivity contribution in [2.24, 2.45) is 0 Å². The fourth-order valence-electron chi connectivity index (χ4n) is 3.73. The van der Waals surface area contributed by atoms with Crippen LogP contribution in [0.3, 0.4) is 0 Å². The van der Waals surface area contributed by atoms with Gasteiger partial charge in [-0.25, -0.2) is 0 Å². The molecule has 0 saturated carbocycles. The molecule has 2 N–H and O–H groups in total. The predicted octanol–water partition coefficient (Wildman–Crippen LogP) is 2.79. The van der Waals surface area contributed by atoms with Crippen molar-refractivity contribution in [3.8, 4) is 0 Å². The van der Waals surface area contributed by atoms with E-state index in [2.05, 4.69) is 53.6 Å². The summed E-state index contributed by atoms with van der Waals surface area (Å²) in [5.41, 5.74) is 3.18. The van der Waals surface area contributed by atoms with Gasteiger partial charge < -0.3 is 10.6 Å². The molecular weight excluding hydrogens is 264 g/mol. The van der Waals surface area contributed by atoms with E-state index in [0.29, 0.717) is 12.0 Å². The Bertz CT molecular complexity index is 427. The molecule has 2 nitrogen and oxygen atoms in total. The standard InChI is InChI=1S/C17H26N2S/c1-2-20-16-9-8-13-6-3-4-7-14(13)17(16)15-12-18-10-5-11-19-15/h3-4,6-7,15-19H,2,5,8-12H2,1H3. The van der Waals surface area contributed by atoms with E-state index in [1.807, 2.05) is 0 Å². The van der Waals surface area contributed by atoms with Crippen molar-refractivity contribution >= 4 is 11.8 Å². The average Bonchev–Trinajstić information content (AvgIpc) is 2.76. The Morgan fingerprint density at radius 3 is 3.05 bits per heavy atom. The lowest BCUT2D eigenvalue weighted by molar-refractivity contribution is 0.407. The van der Waals surface area contributed by atoms with Gasteiger partial charge in [-0.15, -0.1) is 0 Å². The number of hydrogen-bond donors (Lipinski definition) is 2. The second-order valence-corrected chi connectivity index (χ2v) is 7.39. The largest absolute Gasteiger partial charge is 0.315 e. The SMILES string of the molecule is CCSC1CCc2ccccc2C1C1CNCCCN1. The molecule has 3 atom stereocenters. The molecule has 0 spiro atoms. The van der Waals surface area contributed by atoms with Crippen LogP contribution in [0.5, 0.6) is 0 Å². The zero-order valence-electron chi connectivity index (χ0n) is 12.4. The summed E-state index contributed by atoms with van der Waals surface area (Å²) in [6.45, 7) is 5.71. The van der Waals surface area contributed by atoms with Crippen LogP contribution in [0.15, 0.2) is 24.3 Å². The van der Waals surface area contributed by atoms with Gasteiger partial charge in [0.25, 0.3) is 0 Å². The lowest BCUT2D eigenvalue weighted by atomic mass is 9.78. The van der Waals surface area contributed by atoms with Gasteiger partial charge in [0.15, 0.2) is 0 Å². The Morgan fingerprint density at radius 1 is 1.25 bits per heavy atom. The van der Waals surface area contributed by atoms with Crippen LogP contribution >= 0.6 is 11.8 Å². The minimum atomic E-state index is 0.586. The van der Waals surface area contributed by atoms with Crippen LogP contribution < -0.4 is 10.6 Å². The molecule has 110 valence electrons. The van der Waals surface area contributed by atoms with E-state index < -0.39 is 0 Å². The van der Waals surface area contributed by atoms with E-state index in [4.69, 9.17) is 0 Å². The van der Waals surface area contributed by atoms with Gasteiger partial charge in [0.1, 0.15) is 0 Å². The molecule has 0 aromatic heterocycles. The molecule has 0 radical (unpaired) electrons. The lowest BCUT2D eigenvalue weighted by Crippen LogP contribution is -2.45. The first-order valence-corrected chi connectivity index (χ1v) is 9.08. The minimum Gasteiger partial charge on any atom is -0.315 e. The molecule has 3 unspecified atom stereocenters. The second kappa shape index (κ2) is 6.97. The molecule has 2 aliphatic rings. The van der Waals surface area contributed by atoms with E-state index in [1.165, 1.54) is 25.0 Å². The summed E-state index contributed by atoms with van der Waals surface area (Å²) in [4.78, 5) is 0. The van der Waals surface area contributed by atoms with E-state index in [9.17, 15) is 0 Å². The number of fused-ring (bicyclic) bond motifs is 1. The zero-order chi connectivity index (χ0) is 13.8. The molecule has 3 heteroatoms. The minimum absolute atomic E-state index is 0.586. The lowest BCUT2D eigenvalue weighted by Gasteiger charge is -2.38. The van der Waals surface area contributed by atoms with Crippen LogP contribution in [0.4, 0.5) is 0 Å². The van der Waals surface area contributed by atoms with Crippen molar-refractivity contribution in [2.75, 3.05) is 25.4 Å². The van der Waals surface area contributed by atoms with Gasteiger partial charge in [-0.2, -0.15) is 11.8 Å². The summed E-state index contributed by atoms with van der Waals surface area (Å²) in [7, 11) is 0. The molecule has 1 aromatic carbocycles. The fraction of sp³-hybridized carbons (Fsp3) is 0.647. The molecule has 1 aliphatic carbocycles. The summed E-state index contributed by atoms with van der Waals surface area (Å²) in [6.07, 6.45) is 3.83. The average molecular weight is 290 g/mol. The molecule has 3 rings (SSSR count). The molecule has 0 bridgehead atoms. The Labute approximate surface area is 127 Å². The van der Waals surface area contributed by atoms with Crippen molar-refractivity contribution < 1.29 is 0 Å². The number of aryl methyl sites for hydroxylation is 1. The van der Waals surface area contributed by atoms with Gasteiger partial charge in [0.05, 0.1) is 0 Å². The highest BCUT2D eigenvalue weighted by Gasteiger charge is 2.35. The topological polar surface area (TPSA) is 24.1 Å². The van der Waals surface area contributed by atoms with Gasteiger partial charge >= 0.3 is 0 Å². The number of thioether (sulfide) groups is 1. The molecule has 1 aromatic rings. The summed E-state index contributed by atoms with van der Waals surface area (Å²) < 4.78 is 0. The van der Waals surface area contributed by atoms with Gasteiger partial charge in [0, 0.05) is 23.8 Å². The van der Waals surface area contributed by atoms with Crippen molar-refractivity contribution in [2.45, 2.75) is 43.4 Å². The van der Waals surface area contributed by atoms with Crippen molar-refractivity contribution in [1.82, 2.24) is 10.6 Å². The Balaban J connectivity index is 1.89. The number of nitrogens with one attached hydrogen (secondary N) is 2. The number of rotatable bonds is 3. The molecule has 1 fully saturated rings. The van der Waals surface area contributed by atoms with Crippen LogP contribution in [0, 0.1) is 0 Å². The van der Waals surface area contributed by atoms with Crippen molar-refractivity contribution in [1.29, 1.82) is 0 Å². The summed E-state index contributed by atoms with van der Waals surface area (Å²) in [5, 5.41) is 8.19. The quantitative estimate of drug-likeness (QED) is 0.895. The summed E-state index contributed by atoms with van der Waals surface area (Å²) in [5.74, 6) is 1.89. The van der Waals surface area contributed by atoms with Crippen molar-refractivity contribution in [3.05, 3.63) is 35.4 Å². The fourth-order valence-corrected chi connectivity index (χ4v) is 4.98. The monoisotopic (exact) mass is 290 g/mol. The molecule has 1 heterocycles. The van der Waals surface area contributed by atoms with Gasteiger partial charge in [-0.05, 0) is 49.2 Å². The molecule has 1 aliphatic heterocycles. The third kappa shape index (κ3) is 3.05. The van der Waals surface area contributed by atoms with Crippen LogP contribution in [0.25, 0.3) is 0 Å². The Morgan fingerprint density at radius 2 is 2.15 bits per heavy atom. The molecule has 20 heavy (non-hydrogen) atoms. The smallest absolute Gasteiger partial charge is 0.0271 e. The summed E-state index contributed by atoms with van der Waals surface area (Å²) >= 11 is 2.16. The predicted molar refractivity (Wildman–Crippen MR) is 88.7 cm³/mol. The zero-order valence-corrected chi connectivity index (χ0v) is 13.2. The normalized spacial score (nSPS) is 30.6. The van der Waals surface area contributed by atoms with E-state index in [-0.39, 0.29) is 0 Å². The number of benzene rings is 1. The van der Waals surface area contributed by atoms with E-state index in [1.54, 1.807) is 11.1 Å². The Kier molecular flexibility index (Phi) is 5.03. The molecule has 1 saturated heterocycles. The first-order chi connectivity index (χ1) is 9.90.